The maximum absolute atomic E-state index is 9.62. The SMILES string of the molecule is C\C=C/C(=C\C=C\CC)Cn1c(CCO)nc(C(C)C)c1Sc1cc(Cl)cc(Cl)c1. The van der Waals surface area contributed by atoms with E-state index in [1.165, 1.54) is 5.57 Å². The van der Waals surface area contributed by atoms with Gasteiger partial charge in [-0.3, -0.25) is 0 Å². The molecular formula is C24H30Cl2N2OS. The Hall–Kier alpha value is -1.46. The van der Waals surface area contributed by atoms with Gasteiger partial charge in [-0.1, -0.05) is 86.1 Å². The molecule has 1 aromatic carbocycles. The molecule has 0 atom stereocenters. The van der Waals surface area contributed by atoms with Crippen LogP contribution in [-0.2, 0) is 13.0 Å². The van der Waals surface area contributed by atoms with E-state index in [1.54, 1.807) is 17.8 Å². The molecule has 162 valence electrons. The zero-order valence-corrected chi connectivity index (χ0v) is 20.4. The van der Waals surface area contributed by atoms with Crippen molar-refractivity contribution >= 4 is 35.0 Å². The van der Waals surface area contributed by atoms with Crippen LogP contribution in [0.2, 0.25) is 10.0 Å². The van der Waals surface area contributed by atoms with Crippen molar-refractivity contribution in [1.82, 2.24) is 9.55 Å². The van der Waals surface area contributed by atoms with Crippen LogP contribution in [0.25, 0.3) is 0 Å². The molecule has 0 saturated carbocycles. The zero-order valence-electron chi connectivity index (χ0n) is 18.0. The quantitative estimate of drug-likeness (QED) is 0.370. The number of allylic oxidation sites excluding steroid dienone is 6. The van der Waals surface area contributed by atoms with Crippen LogP contribution in [0.15, 0.2) is 64.1 Å². The molecule has 0 aliphatic rings. The number of nitrogens with zero attached hydrogens (tertiary/aromatic N) is 2. The number of benzene rings is 1. The first-order chi connectivity index (χ1) is 14.4. The summed E-state index contributed by atoms with van der Waals surface area (Å²) in [7, 11) is 0. The lowest BCUT2D eigenvalue weighted by Gasteiger charge is -2.14. The van der Waals surface area contributed by atoms with E-state index in [2.05, 4.69) is 49.6 Å². The maximum atomic E-state index is 9.62. The highest BCUT2D eigenvalue weighted by Crippen LogP contribution is 2.37. The summed E-state index contributed by atoms with van der Waals surface area (Å²) in [6.07, 6.45) is 12.0. The van der Waals surface area contributed by atoms with Gasteiger partial charge < -0.3 is 9.67 Å². The van der Waals surface area contributed by atoms with Crippen LogP contribution >= 0.6 is 35.0 Å². The molecule has 0 saturated heterocycles. The van der Waals surface area contributed by atoms with Gasteiger partial charge in [0.15, 0.2) is 0 Å². The molecule has 1 N–H and O–H groups in total. The van der Waals surface area contributed by atoms with Crippen molar-refractivity contribution in [3.8, 4) is 0 Å². The average Bonchev–Trinajstić information content (AvgIpc) is 2.99. The molecule has 2 aromatic rings. The van der Waals surface area contributed by atoms with E-state index < -0.39 is 0 Å². The van der Waals surface area contributed by atoms with Gasteiger partial charge in [-0.15, -0.1) is 0 Å². The first kappa shape index (κ1) is 24.8. The fourth-order valence-corrected chi connectivity index (χ4v) is 4.94. The van der Waals surface area contributed by atoms with Crippen molar-refractivity contribution in [2.24, 2.45) is 0 Å². The Morgan fingerprint density at radius 2 is 1.93 bits per heavy atom. The summed E-state index contributed by atoms with van der Waals surface area (Å²) in [4.78, 5) is 5.86. The number of rotatable bonds is 10. The monoisotopic (exact) mass is 464 g/mol. The molecule has 3 nitrogen and oxygen atoms in total. The van der Waals surface area contributed by atoms with Crippen LogP contribution in [0.3, 0.4) is 0 Å². The summed E-state index contributed by atoms with van der Waals surface area (Å²) in [5.74, 6) is 1.13. The Bertz CT molecular complexity index is 909. The standard InChI is InChI=1S/C24H30Cl2N2OS/c1-5-7-8-10-18(9-6-2)16-28-22(11-12-29)27-23(17(3)4)24(28)30-21-14-19(25)13-20(26)15-21/h6-10,13-15,17,29H,5,11-12,16H2,1-4H3/b8-7+,9-6-,18-10+. The number of aliphatic hydroxyl groups is 1. The minimum absolute atomic E-state index is 0.0556. The predicted octanol–water partition coefficient (Wildman–Crippen LogP) is 7.47. The van der Waals surface area contributed by atoms with E-state index in [-0.39, 0.29) is 12.5 Å². The molecule has 0 radical (unpaired) electrons. The highest BCUT2D eigenvalue weighted by Gasteiger charge is 2.21. The van der Waals surface area contributed by atoms with Crippen molar-refractivity contribution in [3.63, 3.8) is 0 Å². The molecule has 6 heteroatoms. The van der Waals surface area contributed by atoms with Crippen LogP contribution in [-0.4, -0.2) is 21.3 Å². The lowest BCUT2D eigenvalue weighted by Crippen LogP contribution is -2.08. The summed E-state index contributed by atoms with van der Waals surface area (Å²) in [5.41, 5.74) is 2.18. The molecule has 0 aliphatic carbocycles. The summed E-state index contributed by atoms with van der Waals surface area (Å²) < 4.78 is 2.21. The van der Waals surface area contributed by atoms with E-state index in [9.17, 15) is 5.11 Å². The number of aliphatic hydroxyl groups excluding tert-OH is 1. The molecule has 0 aliphatic heterocycles. The molecule has 30 heavy (non-hydrogen) atoms. The second-order valence-corrected chi connectivity index (χ2v) is 9.15. The summed E-state index contributed by atoms with van der Waals surface area (Å²) >= 11 is 14.1. The second kappa shape index (κ2) is 12.4. The topological polar surface area (TPSA) is 38.0 Å². The highest BCUT2D eigenvalue weighted by atomic mass is 35.5. The predicted molar refractivity (Wildman–Crippen MR) is 130 cm³/mol. The van der Waals surface area contributed by atoms with Gasteiger partial charge in [0.1, 0.15) is 10.9 Å². The van der Waals surface area contributed by atoms with Gasteiger partial charge in [-0.2, -0.15) is 0 Å². The normalized spacial score (nSPS) is 12.7. The number of halogens is 2. The lowest BCUT2D eigenvalue weighted by atomic mass is 10.1. The molecular weight excluding hydrogens is 435 g/mol. The first-order valence-corrected chi connectivity index (χ1v) is 11.8. The van der Waals surface area contributed by atoms with Gasteiger partial charge in [0.2, 0.25) is 0 Å². The van der Waals surface area contributed by atoms with Crippen LogP contribution in [0, 0.1) is 0 Å². The van der Waals surface area contributed by atoms with Gasteiger partial charge in [0.25, 0.3) is 0 Å². The Morgan fingerprint density at radius 3 is 2.50 bits per heavy atom. The Labute approximate surface area is 194 Å². The lowest BCUT2D eigenvalue weighted by molar-refractivity contribution is 0.294. The number of aromatic nitrogens is 2. The Balaban J connectivity index is 2.57. The molecule has 0 unspecified atom stereocenters. The van der Waals surface area contributed by atoms with Gasteiger partial charge in [0.05, 0.1) is 12.3 Å². The maximum Gasteiger partial charge on any atom is 0.112 e. The van der Waals surface area contributed by atoms with E-state index in [1.807, 2.05) is 25.1 Å². The van der Waals surface area contributed by atoms with Crippen molar-refractivity contribution in [2.75, 3.05) is 6.61 Å². The van der Waals surface area contributed by atoms with Gasteiger partial charge in [0, 0.05) is 27.9 Å². The number of imidazole rings is 1. The van der Waals surface area contributed by atoms with Gasteiger partial charge in [-0.05, 0) is 43.0 Å². The molecule has 1 aromatic heterocycles. The minimum atomic E-state index is 0.0556. The van der Waals surface area contributed by atoms with Crippen molar-refractivity contribution < 1.29 is 5.11 Å². The van der Waals surface area contributed by atoms with E-state index in [0.29, 0.717) is 23.0 Å². The average molecular weight is 465 g/mol. The van der Waals surface area contributed by atoms with Crippen LogP contribution in [0.4, 0.5) is 0 Å². The minimum Gasteiger partial charge on any atom is -0.396 e. The van der Waals surface area contributed by atoms with Crippen LogP contribution in [0.5, 0.6) is 0 Å². The molecule has 0 fully saturated rings. The fraction of sp³-hybridized carbons (Fsp3) is 0.375. The molecule has 1 heterocycles. The second-order valence-electron chi connectivity index (χ2n) is 7.22. The van der Waals surface area contributed by atoms with Crippen LogP contribution < -0.4 is 0 Å². The van der Waals surface area contributed by atoms with E-state index >= 15 is 0 Å². The third-order valence-corrected chi connectivity index (χ3v) is 5.89. The third kappa shape index (κ3) is 7.05. The molecule has 0 spiro atoms. The van der Waals surface area contributed by atoms with E-state index in [4.69, 9.17) is 28.2 Å². The Morgan fingerprint density at radius 1 is 1.23 bits per heavy atom. The highest BCUT2D eigenvalue weighted by molar-refractivity contribution is 7.99. The third-order valence-electron chi connectivity index (χ3n) is 4.36. The smallest absolute Gasteiger partial charge is 0.112 e. The fourth-order valence-electron chi connectivity index (χ4n) is 3.02. The molecule has 0 bridgehead atoms. The zero-order chi connectivity index (χ0) is 22.1. The van der Waals surface area contributed by atoms with Crippen molar-refractivity contribution in [1.29, 1.82) is 0 Å². The summed E-state index contributed by atoms with van der Waals surface area (Å²) in [5, 5.41) is 11.9. The number of hydrogen-bond donors (Lipinski definition) is 1. The first-order valence-electron chi connectivity index (χ1n) is 10.2. The molecule has 2 rings (SSSR count). The van der Waals surface area contributed by atoms with Gasteiger partial charge in [-0.25, -0.2) is 4.98 Å². The van der Waals surface area contributed by atoms with E-state index in [0.717, 1.165) is 27.9 Å². The van der Waals surface area contributed by atoms with Crippen molar-refractivity contribution in [2.45, 2.75) is 62.9 Å². The van der Waals surface area contributed by atoms with Crippen LogP contribution in [0.1, 0.15) is 51.6 Å². The largest absolute Gasteiger partial charge is 0.396 e. The summed E-state index contributed by atoms with van der Waals surface area (Å²) in [6.45, 7) is 9.14. The molecule has 0 amide bonds. The summed E-state index contributed by atoms with van der Waals surface area (Å²) in [6, 6.07) is 5.56. The van der Waals surface area contributed by atoms with Crippen molar-refractivity contribution in [3.05, 3.63) is 75.7 Å². The van der Waals surface area contributed by atoms with Gasteiger partial charge >= 0.3 is 0 Å². The Kier molecular flexibility index (Phi) is 10.3. The number of hydrogen-bond acceptors (Lipinski definition) is 3.